The summed E-state index contributed by atoms with van der Waals surface area (Å²) < 4.78 is 12.0. The molecule has 0 saturated heterocycles. The van der Waals surface area contributed by atoms with E-state index in [4.69, 9.17) is 9.47 Å². The van der Waals surface area contributed by atoms with Gasteiger partial charge >= 0.3 is 0 Å². The van der Waals surface area contributed by atoms with E-state index in [1.165, 1.54) is 4.90 Å². The average Bonchev–Trinajstić information content (AvgIpc) is 3.15. The summed E-state index contributed by atoms with van der Waals surface area (Å²) in [5.41, 5.74) is 3.62. The van der Waals surface area contributed by atoms with E-state index in [2.05, 4.69) is 17.2 Å². The molecular weight excluding hydrogens is 466 g/mol. The van der Waals surface area contributed by atoms with Crippen molar-refractivity contribution in [2.45, 2.75) is 32.7 Å². The van der Waals surface area contributed by atoms with Crippen LogP contribution in [0.25, 0.3) is 10.9 Å². The van der Waals surface area contributed by atoms with Gasteiger partial charge in [-0.05, 0) is 62.6 Å². The van der Waals surface area contributed by atoms with Crippen LogP contribution in [0.2, 0.25) is 0 Å². The Hall–Kier alpha value is -4.39. The van der Waals surface area contributed by atoms with Crippen LogP contribution in [0.3, 0.4) is 0 Å². The largest absolute Gasteiger partial charge is 0.493 e. The number of imide groups is 1. The van der Waals surface area contributed by atoms with E-state index in [1.54, 1.807) is 37.6 Å². The highest BCUT2D eigenvalue weighted by Crippen LogP contribution is 2.43. The van der Waals surface area contributed by atoms with Crippen LogP contribution >= 0.6 is 0 Å². The fraction of sp³-hybridized carbons (Fsp3) is 0.233. The zero-order valence-corrected chi connectivity index (χ0v) is 21.2. The number of aromatic nitrogens is 1. The van der Waals surface area contributed by atoms with E-state index in [0.29, 0.717) is 41.3 Å². The molecule has 37 heavy (non-hydrogen) atoms. The summed E-state index contributed by atoms with van der Waals surface area (Å²) in [6.07, 6.45) is 3.22. The number of methoxy groups -OCH3 is 1. The molecular formula is C30H29N3O4. The Balaban J connectivity index is 1.33. The van der Waals surface area contributed by atoms with Crippen molar-refractivity contribution in [1.82, 2.24) is 9.88 Å². The first-order chi connectivity index (χ1) is 18.0. The van der Waals surface area contributed by atoms with Gasteiger partial charge in [0, 0.05) is 24.8 Å². The number of benzene rings is 3. The van der Waals surface area contributed by atoms with E-state index in [9.17, 15) is 9.59 Å². The third-order valence-electron chi connectivity index (χ3n) is 6.62. The Labute approximate surface area is 216 Å². The number of nitrogens with zero attached hydrogens (tertiary/aromatic N) is 2. The van der Waals surface area contributed by atoms with E-state index >= 15 is 0 Å². The molecule has 0 fully saturated rings. The van der Waals surface area contributed by atoms with Crippen LogP contribution in [-0.2, 0) is 0 Å². The number of hydrogen-bond acceptors (Lipinski definition) is 6. The molecule has 1 aromatic heterocycles. The summed E-state index contributed by atoms with van der Waals surface area (Å²) in [4.78, 5) is 31.3. The van der Waals surface area contributed by atoms with Crippen LogP contribution in [0.4, 0.5) is 5.69 Å². The van der Waals surface area contributed by atoms with Crippen molar-refractivity contribution in [2.24, 2.45) is 0 Å². The number of carbonyl (C=O) groups excluding carboxylic acids is 2. The first kappa shape index (κ1) is 24.3. The molecule has 0 radical (unpaired) electrons. The normalized spacial score (nSPS) is 13.5. The molecule has 4 aromatic rings. The molecule has 0 bridgehead atoms. The number of amides is 2. The van der Waals surface area contributed by atoms with Crippen LogP contribution < -0.4 is 14.8 Å². The van der Waals surface area contributed by atoms with Gasteiger partial charge in [0.1, 0.15) is 5.75 Å². The molecule has 1 aliphatic heterocycles. The van der Waals surface area contributed by atoms with Crippen molar-refractivity contribution in [1.29, 1.82) is 0 Å². The predicted molar refractivity (Wildman–Crippen MR) is 144 cm³/mol. The van der Waals surface area contributed by atoms with Gasteiger partial charge in [0.2, 0.25) is 0 Å². The molecule has 7 heteroatoms. The summed E-state index contributed by atoms with van der Waals surface area (Å²) in [6, 6.07) is 20.5. The van der Waals surface area contributed by atoms with Gasteiger partial charge in [-0.2, -0.15) is 0 Å². The molecule has 0 aliphatic carbocycles. The number of carbonyl (C=O) groups is 2. The number of nitrogens with one attached hydrogen (secondary N) is 1. The van der Waals surface area contributed by atoms with Crippen molar-refractivity contribution in [3.63, 3.8) is 0 Å². The zero-order valence-electron chi connectivity index (χ0n) is 21.2. The van der Waals surface area contributed by atoms with Crippen molar-refractivity contribution < 1.29 is 19.1 Å². The number of pyridine rings is 1. The lowest BCUT2D eigenvalue weighted by atomic mass is 10.1. The zero-order chi connectivity index (χ0) is 25.9. The second kappa shape index (κ2) is 10.3. The van der Waals surface area contributed by atoms with Gasteiger partial charge < -0.3 is 14.8 Å². The van der Waals surface area contributed by atoms with E-state index in [1.807, 2.05) is 49.4 Å². The van der Waals surface area contributed by atoms with Gasteiger partial charge in [-0.25, -0.2) is 0 Å². The number of para-hydroxylation sites is 1. The number of hydrogen-bond donors (Lipinski definition) is 1. The summed E-state index contributed by atoms with van der Waals surface area (Å²) >= 11 is 0. The third kappa shape index (κ3) is 4.72. The number of rotatable bonds is 9. The van der Waals surface area contributed by atoms with Gasteiger partial charge in [0.05, 0.1) is 34.8 Å². The Morgan fingerprint density at radius 2 is 1.65 bits per heavy atom. The molecule has 2 heterocycles. The molecule has 0 saturated carbocycles. The fourth-order valence-corrected chi connectivity index (χ4v) is 4.74. The lowest BCUT2D eigenvalue weighted by Gasteiger charge is -2.21. The number of anilines is 1. The van der Waals surface area contributed by atoms with Crippen molar-refractivity contribution in [2.75, 3.05) is 19.0 Å². The highest BCUT2D eigenvalue weighted by molar-refractivity contribution is 6.21. The highest BCUT2D eigenvalue weighted by atomic mass is 16.5. The van der Waals surface area contributed by atoms with Gasteiger partial charge in [-0.15, -0.1) is 0 Å². The Bertz CT molecular complexity index is 1430. The minimum Gasteiger partial charge on any atom is -0.493 e. The standard InChI is InChI=1S/C30H29N3O4/c1-19-15-16-31-27-24(18-25(36-3)28(26(19)27)37-21-11-5-4-6-12-21)32-20(2)10-9-17-33-29(34)22-13-7-8-14-23(22)30(33)35/h4-8,11-16,18,20,32H,9-10,17H2,1-3H3. The van der Waals surface area contributed by atoms with Gasteiger partial charge in [-0.3, -0.25) is 19.5 Å². The number of ether oxygens (including phenoxy) is 2. The first-order valence-corrected chi connectivity index (χ1v) is 12.4. The van der Waals surface area contributed by atoms with Crippen LogP contribution in [0, 0.1) is 6.92 Å². The minimum atomic E-state index is -0.217. The average molecular weight is 496 g/mol. The quantitative estimate of drug-likeness (QED) is 0.278. The molecule has 1 N–H and O–H groups in total. The van der Waals surface area contributed by atoms with Crippen LogP contribution in [0.5, 0.6) is 17.2 Å². The minimum absolute atomic E-state index is 0.0614. The molecule has 5 rings (SSSR count). The first-order valence-electron chi connectivity index (χ1n) is 12.4. The molecule has 3 aromatic carbocycles. The molecule has 1 unspecified atom stereocenters. The highest BCUT2D eigenvalue weighted by Gasteiger charge is 2.34. The molecule has 0 spiro atoms. The second-order valence-electron chi connectivity index (χ2n) is 9.22. The summed E-state index contributed by atoms with van der Waals surface area (Å²) in [5.74, 6) is 1.51. The van der Waals surface area contributed by atoms with Crippen LogP contribution in [0.15, 0.2) is 72.9 Å². The Kier molecular flexibility index (Phi) is 6.77. The van der Waals surface area contributed by atoms with E-state index in [-0.39, 0.29) is 17.9 Å². The number of aryl methyl sites for hydroxylation is 1. The smallest absolute Gasteiger partial charge is 0.261 e. The number of fused-ring (bicyclic) bond motifs is 2. The van der Waals surface area contributed by atoms with Crippen molar-refractivity contribution >= 4 is 28.4 Å². The molecule has 1 atom stereocenters. The van der Waals surface area contributed by atoms with Gasteiger partial charge in [0.25, 0.3) is 11.8 Å². The summed E-state index contributed by atoms with van der Waals surface area (Å²) in [6.45, 7) is 4.48. The van der Waals surface area contributed by atoms with E-state index < -0.39 is 0 Å². The Morgan fingerprint density at radius 1 is 0.973 bits per heavy atom. The maximum atomic E-state index is 12.6. The third-order valence-corrected chi connectivity index (χ3v) is 6.62. The monoisotopic (exact) mass is 495 g/mol. The van der Waals surface area contributed by atoms with E-state index in [0.717, 1.165) is 28.6 Å². The maximum absolute atomic E-state index is 12.6. The predicted octanol–water partition coefficient (Wildman–Crippen LogP) is 6.22. The Morgan fingerprint density at radius 3 is 2.32 bits per heavy atom. The molecule has 2 amide bonds. The maximum Gasteiger partial charge on any atom is 0.261 e. The van der Waals surface area contributed by atoms with Crippen LogP contribution in [0.1, 0.15) is 46.0 Å². The fourth-order valence-electron chi connectivity index (χ4n) is 4.74. The topological polar surface area (TPSA) is 80.8 Å². The summed E-state index contributed by atoms with van der Waals surface area (Å²) in [5, 5.41) is 4.44. The molecule has 7 nitrogen and oxygen atoms in total. The lowest BCUT2D eigenvalue weighted by Crippen LogP contribution is -2.31. The van der Waals surface area contributed by atoms with Crippen LogP contribution in [-0.4, -0.2) is 41.4 Å². The lowest BCUT2D eigenvalue weighted by molar-refractivity contribution is 0.0651. The van der Waals surface area contributed by atoms with Crippen molar-refractivity contribution in [3.8, 4) is 17.2 Å². The van der Waals surface area contributed by atoms with Gasteiger partial charge in [-0.1, -0.05) is 30.3 Å². The van der Waals surface area contributed by atoms with Gasteiger partial charge in [0.15, 0.2) is 11.5 Å². The SMILES string of the molecule is COc1cc(NC(C)CCCN2C(=O)c3ccccc3C2=O)c2nccc(C)c2c1Oc1ccccc1. The second-order valence-corrected chi connectivity index (χ2v) is 9.22. The van der Waals surface area contributed by atoms with Crippen molar-refractivity contribution in [3.05, 3.63) is 89.6 Å². The molecule has 1 aliphatic rings. The summed E-state index contributed by atoms with van der Waals surface area (Å²) in [7, 11) is 1.63. The molecule has 188 valence electrons.